The monoisotopic (exact) mass is 809 g/mol. The topological polar surface area (TPSA) is 158 Å². The first-order valence-electron chi connectivity index (χ1n) is 20.4. The van der Waals surface area contributed by atoms with Crippen molar-refractivity contribution < 1.29 is 38.4 Å². The number of carbonyl (C=O) groups is 8. The predicted molar refractivity (Wildman–Crippen MR) is 229 cm³/mol. The Hall–Kier alpha value is -3.44. The minimum atomic E-state index is -0.196. The van der Waals surface area contributed by atoms with Crippen molar-refractivity contribution >= 4 is 47.1 Å². The lowest BCUT2D eigenvalue weighted by atomic mass is 9.94. The van der Waals surface area contributed by atoms with E-state index in [1.54, 1.807) is 0 Å². The van der Waals surface area contributed by atoms with Gasteiger partial charge in [0.15, 0.2) is 0 Å². The van der Waals surface area contributed by atoms with Gasteiger partial charge in [-0.2, -0.15) is 0 Å². The number of Topliss-reactive ketones (excluding diaryl/α,β-unsaturated/α-hetero) is 1. The van der Waals surface area contributed by atoms with Gasteiger partial charge in [-0.3, -0.25) is 53.1 Å². The van der Waals surface area contributed by atoms with Crippen molar-refractivity contribution in [3.05, 3.63) is 0 Å². The molecule has 1 N–H and O–H groups in total. The summed E-state index contributed by atoms with van der Waals surface area (Å²) >= 11 is 0. The molecule has 0 bridgehead atoms. The zero-order valence-electron chi connectivity index (χ0n) is 35.5. The number of ketones is 1. The van der Waals surface area contributed by atoms with E-state index in [0.29, 0.717) is 69.4 Å². The number of likely N-dealkylation sites (tertiary alicyclic amines) is 3. The van der Waals surface area contributed by atoms with Crippen molar-refractivity contribution in [1.29, 1.82) is 0 Å². The fourth-order valence-electron chi connectivity index (χ4n) is 6.60. The molecule has 3 unspecified atom stereocenters. The smallest absolute Gasteiger partial charge is 0.233 e. The van der Waals surface area contributed by atoms with Crippen molar-refractivity contribution in [2.24, 2.45) is 53.3 Å². The summed E-state index contributed by atoms with van der Waals surface area (Å²) < 4.78 is 0. The second kappa shape index (κ2) is 28.1. The van der Waals surface area contributed by atoms with E-state index >= 15 is 0 Å². The minimum Gasteiger partial charge on any atom is -0.354 e. The van der Waals surface area contributed by atoms with Crippen LogP contribution < -0.4 is 5.32 Å². The molecule has 12 heteroatoms. The van der Waals surface area contributed by atoms with Crippen LogP contribution in [-0.4, -0.2) is 88.0 Å². The molecule has 7 amide bonds. The van der Waals surface area contributed by atoms with Gasteiger partial charge in [0.25, 0.3) is 0 Å². The fourth-order valence-corrected chi connectivity index (χ4v) is 6.60. The average Bonchev–Trinajstić information content (AvgIpc) is 3.63. The molecule has 0 aromatic heterocycles. The van der Waals surface area contributed by atoms with Crippen molar-refractivity contribution in [1.82, 2.24) is 20.0 Å². The molecule has 3 fully saturated rings. The van der Waals surface area contributed by atoms with E-state index in [4.69, 9.17) is 0 Å². The molecular weight excluding hydrogens is 725 g/mol. The summed E-state index contributed by atoms with van der Waals surface area (Å²) in [6, 6.07) is 0. The number of nitrogens with zero attached hydrogens (tertiary/aromatic N) is 3. The Morgan fingerprint density at radius 1 is 0.526 bits per heavy atom. The van der Waals surface area contributed by atoms with Crippen LogP contribution >= 0.6 is 0 Å². The molecule has 3 aliphatic rings. The number of nitrogens with one attached hydrogen (secondary N) is 1. The third kappa shape index (κ3) is 19.7. The van der Waals surface area contributed by atoms with Gasteiger partial charge in [0, 0.05) is 82.5 Å². The first kappa shape index (κ1) is 57.9. The molecule has 57 heavy (non-hydrogen) atoms. The van der Waals surface area contributed by atoms with Gasteiger partial charge >= 0.3 is 0 Å². The number of carbonyl (C=O) groups excluding carboxylic acids is 8. The van der Waals surface area contributed by atoms with Crippen LogP contribution in [0.25, 0.3) is 0 Å². The molecule has 3 rings (SSSR count). The molecule has 332 valence electrons. The van der Waals surface area contributed by atoms with Gasteiger partial charge in [-0.1, -0.05) is 112 Å². The molecule has 0 saturated carbocycles. The summed E-state index contributed by atoms with van der Waals surface area (Å²) in [7, 11) is 0. The highest BCUT2D eigenvalue weighted by atomic mass is 16.2. The first-order chi connectivity index (χ1) is 25.1. The summed E-state index contributed by atoms with van der Waals surface area (Å²) in [5.74, 6) is 1.33. The van der Waals surface area contributed by atoms with Crippen molar-refractivity contribution in [3.8, 4) is 0 Å². The second-order valence-corrected chi connectivity index (χ2v) is 17.5. The fraction of sp³-hybridized carbons (Fsp3) is 0.822. The van der Waals surface area contributed by atoms with E-state index in [-0.39, 0.29) is 118 Å². The third-order valence-electron chi connectivity index (χ3n) is 10.3. The third-order valence-corrected chi connectivity index (χ3v) is 10.3. The maximum Gasteiger partial charge on any atom is 0.233 e. The van der Waals surface area contributed by atoms with Crippen molar-refractivity contribution in [2.45, 2.75) is 163 Å². The van der Waals surface area contributed by atoms with E-state index in [1.165, 1.54) is 14.7 Å². The molecule has 0 aromatic carbocycles. The van der Waals surface area contributed by atoms with E-state index in [1.807, 2.05) is 55.4 Å². The lowest BCUT2D eigenvalue weighted by Gasteiger charge is -2.17. The van der Waals surface area contributed by atoms with Gasteiger partial charge < -0.3 is 5.32 Å². The maximum atomic E-state index is 12.1. The molecule has 0 radical (unpaired) electrons. The van der Waals surface area contributed by atoms with Crippen LogP contribution in [0.1, 0.15) is 163 Å². The number of rotatable bonds is 18. The van der Waals surface area contributed by atoms with E-state index in [2.05, 4.69) is 33.0 Å². The summed E-state index contributed by atoms with van der Waals surface area (Å²) in [6.45, 7) is 25.7. The van der Waals surface area contributed by atoms with Crippen LogP contribution in [0.15, 0.2) is 0 Å². The molecule has 3 heterocycles. The number of hydrogen-bond acceptors (Lipinski definition) is 8. The highest BCUT2D eigenvalue weighted by Crippen LogP contribution is 2.28. The standard InChI is InChI=1S/C16H27NO3.C14H24N2O3.C12H21NO2.3CH4/c1-11(2)6-5-7-13(18)8-9-17-15(19)10-14(12(3)4)16(17)20;1-9(2)7-12(17)15-5-6-16-13(18)8-11(10(3)4)14(16)19;1-8(2)5-6-13-11(14)7-10(9(3)4)12(13)15;;;/h11-12,14H,5-10H2,1-4H3;9-11H,5-8H2,1-4H3,(H,15,17);8-10H,5-7H2,1-4H3;3*1H4. The van der Waals surface area contributed by atoms with Gasteiger partial charge in [-0.05, 0) is 48.3 Å². The molecule has 3 saturated heterocycles. The quantitative estimate of drug-likeness (QED) is 0.137. The highest BCUT2D eigenvalue weighted by Gasteiger charge is 2.41. The zero-order valence-corrected chi connectivity index (χ0v) is 35.5. The molecule has 3 atom stereocenters. The maximum absolute atomic E-state index is 12.1. The lowest BCUT2D eigenvalue weighted by Crippen LogP contribution is -2.39. The first-order valence-corrected chi connectivity index (χ1v) is 20.4. The minimum absolute atomic E-state index is 0. The molecular formula is C45H84N4O8. The molecule has 0 spiro atoms. The second-order valence-electron chi connectivity index (χ2n) is 17.5. The molecule has 0 aliphatic carbocycles. The molecule has 12 nitrogen and oxygen atoms in total. The highest BCUT2D eigenvalue weighted by molar-refractivity contribution is 6.05. The Labute approximate surface area is 347 Å². The number of imide groups is 3. The predicted octanol–water partition coefficient (Wildman–Crippen LogP) is 7.95. The summed E-state index contributed by atoms with van der Waals surface area (Å²) in [4.78, 5) is 98.4. The Bertz CT molecular complexity index is 1310. The number of hydrogen-bond donors (Lipinski definition) is 1. The van der Waals surface area contributed by atoms with Crippen LogP contribution in [0.3, 0.4) is 0 Å². The van der Waals surface area contributed by atoms with Gasteiger partial charge in [-0.15, -0.1) is 0 Å². The van der Waals surface area contributed by atoms with Gasteiger partial charge in [0.1, 0.15) is 5.78 Å². The summed E-state index contributed by atoms with van der Waals surface area (Å²) in [5.41, 5.74) is 0. The Balaban J connectivity index is -0.000000755. The Kier molecular flexibility index (Phi) is 28.5. The van der Waals surface area contributed by atoms with Gasteiger partial charge in [0.2, 0.25) is 41.4 Å². The van der Waals surface area contributed by atoms with E-state index in [9.17, 15) is 38.4 Å². The molecule has 3 aliphatic heterocycles. The van der Waals surface area contributed by atoms with Crippen LogP contribution in [0.5, 0.6) is 0 Å². The Morgan fingerprint density at radius 3 is 1.23 bits per heavy atom. The van der Waals surface area contributed by atoms with Gasteiger partial charge in [0.05, 0.1) is 0 Å². The van der Waals surface area contributed by atoms with Crippen LogP contribution in [0, 0.1) is 53.3 Å². The van der Waals surface area contributed by atoms with E-state index in [0.717, 1.165) is 19.3 Å². The Morgan fingerprint density at radius 2 is 0.895 bits per heavy atom. The number of amides is 7. The average molecular weight is 809 g/mol. The van der Waals surface area contributed by atoms with Crippen LogP contribution in [0.4, 0.5) is 0 Å². The summed E-state index contributed by atoms with van der Waals surface area (Å²) in [6.07, 6.45) is 5.19. The normalized spacial score (nSPS) is 19.3. The van der Waals surface area contributed by atoms with Crippen LogP contribution in [-0.2, 0) is 38.4 Å². The van der Waals surface area contributed by atoms with E-state index < -0.39 is 0 Å². The van der Waals surface area contributed by atoms with Crippen molar-refractivity contribution in [3.63, 3.8) is 0 Å². The SMILES string of the molecule is C.C.C.CC(C)CC(=O)NCCN1C(=O)CC(C(C)C)C1=O.CC(C)CCCC(=O)CCN1C(=O)CC(C(C)C)C1=O.CC(C)CCN1C(=O)CC(C(C)C)C1=O. The van der Waals surface area contributed by atoms with Crippen LogP contribution in [0.2, 0.25) is 0 Å². The summed E-state index contributed by atoms with van der Waals surface area (Å²) in [5, 5.41) is 2.74. The van der Waals surface area contributed by atoms with Crippen molar-refractivity contribution in [2.75, 3.05) is 26.2 Å². The zero-order chi connectivity index (χ0) is 41.4. The largest absolute Gasteiger partial charge is 0.354 e. The molecule has 0 aromatic rings. The van der Waals surface area contributed by atoms with Gasteiger partial charge in [-0.25, -0.2) is 0 Å². The lowest BCUT2D eigenvalue weighted by molar-refractivity contribution is -0.141.